The number of hydrogen-bond donors (Lipinski definition) is 1. The molecule has 1 aromatic carbocycles. The predicted octanol–water partition coefficient (Wildman–Crippen LogP) is 3.25. The van der Waals surface area contributed by atoms with Gasteiger partial charge in [0.05, 0.1) is 17.9 Å². The molecule has 0 saturated carbocycles. The molecule has 122 valence electrons. The Labute approximate surface area is 136 Å². The molecular weight excluding hydrogens is 290 g/mol. The van der Waals surface area contributed by atoms with Crippen molar-refractivity contribution in [2.45, 2.75) is 32.2 Å². The van der Waals surface area contributed by atoms with E-state index in [9.17, 15) is 4.79 Å². The third-order valence-electron chi connectivity index (χ3n) is 4.38. The minimum Gasteiger partial charge on any atom is -0.381 e. The van der Waals surface area contributed by atoms with Crippen molar-refractivity contribution in [2.75, 3.05) is 18.5 Å². The summed E-state index contributed by atoms with van der Waals surface area (Å²) in [5.41, 5.74) is 1.94. The summed E-state index contributed by atoms with van der Waals surface area (Å²) in [7, 11) is 0. The van der Waals surface area contributed by atoms with Crippen LogP contribution >= 0.6 is 0 Å². The fraction of sp³-hybridized carbons (Fsp3) is 0.444. The second-order valence-corrected chi connectivity index (χ2v) is 6.10. The van der Waals surface area contributed by atoms with E-state index in [4.69, 9.17) is 4.74 Å². The Morgan fingerprint density at radius 1 is 1.35 bits per heavy atom. The number of benzene rings is 1. The lowest BCUT2D eigenvalue weighted by Gasteiger charge is -2.21. The average molecular weight is 313 g/mol. The van der Waals surface area contributed by atoms with Gasteiger partial charge in [0.1, 0.15) is 0 Å². The Hall–Kier alpha value is -2.14. The molecule has 1 fully saturated rings. The number of amides is 1. The van der Waals surface area contributed by atoms with Crippen LogP contribution < -0.4 is 5.32 Å². The maximum Gasteiger partial charge on any atom is 0.224 e. The van der Waals surface area contributed by atoms with Crippen molar-refractivity contribution in [3.63, 3.8) is 0 Å². The van der Waals surface area contributed by atoms with Gasteiger partial charge < -0.3 is 10.1 Å². The Bertz CT molecular complexity index is 633. The largest absolute Gasteiger partial charge is 0.381 e. The average Bonchev–Trinajstić information content (AvgIpc) is 3.04. The SMILES string of the molecule is CC(c1ccccc1)n1cc(NC(=O)CC2CCOCC2)cn1. The van der Waals surface area contributed by atoms with E-state index in [-0.39, 0.29) is 11.9 Å². The number of ether oxygens (including phenoxy) is 1. The summed E-state index contributed by atoms with van der Waals surface area (Å²) in [6.07, 6.45) is 6.10. The number of rotatable bonds is 5. The van der Waals surface area contributed by atoms with Gasteiger partial charge in [-0.25, -0.2) is 0 Å². The van der Waals surface area contributed by atoms with Crippen LogP contribution in [-0.4, -0.2) is 28.9 Å². The first-order chi connectivity index (χ1) is 11.2. The Morgan fingerprint density at radius 2 is 2.09 bits per heavy atom. The van der Waals surface area contributed by atoms with E-state index in [0.29, 0.717) is 12.3 Å². The summed E-state index contributed by atoms with van der Waals surface area (Å²) in [5.74, 6) is 0.492. The number of hydrogen-bond acceptors (Lipinski definition) is 3. The normalized spacial score (nSPS) is 16.9. The lowest BCUT2D eigenvalue weighted by Crippen LogP contribution is -2.22. The van der Waals surface area contributed by atoms with Crippen molar-refractivity contribution in [1.29, 1.82) is 0 Å². The van der Waals surface area contributed by atoms with Crippen molar-refractivity contribution in [2.24, 2.45) is 5.92 Å². The monoisotopic (exact) mass is 313 g/mol. The lowest BCUT2D eigenvalue weighted by atomic mass is 9.96. The number of carbonyl (C=O) groups is 1. The number of aromatic nitrogens is 2. The van der Waals surface area contributed by atoms with Crippen molar-refractivity contribution < 1.29 is 9.53 Å². The van der Waals surface area contributed by atoms with Gasteiger partial charge in [-0.05, 0) is 31.2 Å². The van der Waals surface area contributed by atoms with Crippen LogP contribution in [0.25, 0.3) is 0 Å². The van der Waals surface area contributed by atoms with Crippen LogP contribution in [0.3, 0.4) is 0 Å². The van der Waals surface area contributed by atoms with Crippen molar-refractivity contribution in [3.05, 3.63) is 48.3 Å². The van der Waals surface area contributed by atoms with E-state index in [1.54, 1.807) is 6.20 Å². The van der Waals surface area contributed by atoms with Crippen LogP contribution in [0.2, 0.25) is 0 Å². The first-order valence-corrected chi connectivity index (χ1v) is 8.19. The van der Waals surface area contributed by atoms with Gasteiger partial charge in [0.15, 0.2) is 0 Å². The number of nitrogens with one attached hydrogen (secondary N) is 1. The summed E-state index contributed by atoms with van der Waals surface area (Å²) >= 11 is 0. The van der Waals surface area contributed by atoms with Gasteiger partial charge in [0.25, 0.3) is 0 Å². The van der Waals surface area contributed by atoms with E-state index in [2.05, 4.69) is 29.5 Å². The first-order valence-electron chi connectivity index (χ1n) is 8.19. The van der Waals surface area contributed by atoms with Crippen LogP contribution in [-0.2, 0) is 9.53 Å². The van der Waals surface area contributed by atoms with E-state index < -0.39 is 0 Å². The molecular formula is C18H23N3O2. The third-order valence-corrected chi connectivity index (χ3v) is 4.38. The van der Waals surface area contributed by atoms with E-state index >= 15 is 0 Å². The fourth-order valence-corrected chi connectivity index (χ4v) is 2.92. The molecule has 0 aliphatic carbocycles. The topological polar surface area (TPSA) is 56.2 Å². The minimum absolute atomic E-state index is 0.0591. The zero-order valence-electron chi connectivity index (χ0n) is 13.4. The second-order valence-electron chi connectivity index (χ2n) is 6.10. The maximum atomic E-state index is 12.1. The highest BCUT2D eigenvalue weighted by Gasteiger charge is 2.18. The quantitative estimate of drug-likeness (QED) is 0.922. The van der Waals surface area contributed by atoms with E-state index in [0.717, 1.165) is 31.7 Å². The smallest absolute Gasteiger partial charge is 0.224 e. The molecule has 0 spiro atoms. The molecule has 3 rings (SSSR count). The summed E-state index contributed by atoms with van der Waals surface area (Å²) in [5, 5.41) is 7.33. The molecule has 1 aliphatic heterocycles. The molecule has 1 amide bonds. The standard InChI is InChI=1S/C18H23N3O2/c1-14(16-5-3-2-4-6-16)21-13-17(12-19-21)20-18(22)11-15-7-9-23-10-8-15/h2-6,12-15H,7-11H2,1H3,(H,20,22). The summed E-state index contributed by atoms with van der Waals surface area (Å²) < 4.78 is 7.20. The predicted molar refractivity (Wildman–Crippen MR) is 89.3 cm³/mol. The summed E-state index contributed by atoms with van der Waals surface area (Å²) in [6, 6.07) is 10.3. The summed E-state index contributed by atoms with van der Waals surface area (Å²) in [6.45, 7) is 3.63. The van der Waals surface area contributed by atoms with Crippen molar-refractivity contribution in [1.82, 2.24) is 9.78 Å². The van der Waals surface area contributed by atoms with Gasteiger partial charge in [0.2, 0.25) is 5.91 Å². The van der Waals surface area contributed by atoms with Gasteiger partial charge >= 0.3 is 0 Å². The molecule has 1 N–H and O–H groups in total. The molecule has 2 aromatic rings. The number of carbonyl (C=O) groups excluding carboxylic acids is 1. The fourth-order valence-electron chi connectivity index (χ4n) is 2.92. The molecule has 2 heterocycles. The zero-order valence-corrected chi connectivity index (χ0v) is 13.4. The zero-order chi connectivity index (χ0) is 16.1. The Kier molecular flexibility index (Phi) is 5.08. The number of anilines is 1. The van der Waals surface area contributed by atoms with E-state index in [1.807, 2.05) is 29.1 Å². The molecule has 23 heavy (non-hydrogen) atoms. The van der Waals surface area contributed by atoms with Gasteiger partial charge in [0, 0.05) is 25.8 Å². The van der Waals surface area contributed by atoms with Crippen LogP contribution in [0.5, 0.6) is 0 Å². The molecule has 5 nitrogen and oxygen atoms in total. The van der Waals surface area contributed by atoms with Gasteiger partial charge in [-0.1, -0.05) is 30.3 Å². The molecule has 5 heteroatoms. The highest BCUT2D eigenvalue weighted by molar-refractivity contribution is 5.90. The molecule has 1 aromatic heterocycles. The molecule has 0 radical (unpaired) electrons. The lowest BCUT2D eigenvalue weighted by molar-refractivity contribution is -0.117. The molecule has 1 atom stereocenters. The molecule has 1 saturated heterocycles. The maximum absolute atomic E-state index is 12.1. The third kappa shape index (κ3) is 4.20. The van der Waals surface area contributed by atoms with Gasteiger partial charge in [-0.3, -0.25) is 9.48 Å². The first kappa shape index (κ1) is 15.7. The van der Waals surface area contributed by atoms with Crippen molar-refractivity contribution in [3.8, 4) is 0 Å². The minimum atomic E-state index is 0.0591. The molecule has 0 bridgehead atoms. The van der Waals surface area contributed by atoms with Crippen LogP contribution in [0.4, 0.5) is 5.69 Å². The Balaban J connectivity index is 1.57. The van der Waals surface area contributed by atoms with Crippen molar-refractivity contribution >= 4 is 11.6 Å². The number of nitrogens with zero attached hydrogens (tertiary/aromatic N) is 2. The highest BCUT2D eigenvalue weighted by atomic mass is 16.5. The van der Waals surface area contributed by atoms with E-state index in [1.165, 1.54) is 5.56 Å². The Morgan fingerprint density at radius 3 is 2.83 bits per heavy atom. The van der Waals surface area contributed by atoms with Crippen LogP contribution in [0, 0.1) is 5.92 Å². The van der Waals surface area contributed by atoms with Gasteiger partial charge in [-0.15, -0.1) is 0 Å². The molecule has 1 aliphatic rings. The highest BCUT2D eigenvalue weighted by Crippen LogP contribution is 2.21. The van der Waals surface area contributed by atoms with Gasteiger partial charge in [-0.2, -0.15) is 5.10 Å². The second kappa shape index (κ2) is 7.42. The van der Waals surface area contributed by atoms with Crippen LogP contribution in [0.1, 0.15) is 37.8 Å². The summed E-state index contributed by atoms with van der Waals surface area (Å²) in [4.78, 5) is 12.1. The molecule has 1 unspecified atom stereocenters. The van der Waals surface area contributed by atoms with Crippen LogP contribution in [0.15, 0.2) is 42.7 Å².